The molecule has 0 saturated carbocycles. The molecule has 0 saturated heterocycles. The zero-order valence-electron chi connectivity index (χ0n) is 17.0. The molecular formula is C24H24O5. The molecule has 0 radical (unpaired) electrons. The van der Waals surface area contributed by atoms with Crippen molar-refractivity contribution >= 4 is 17.8 Å². The molecule has 0 amide bonds. The number of esters is 1. The number of rotatable bonds is 5. The number of allylic oxidation sites excluding steroid dienone is 3. The van der Waals surface area contributed by atoms with E-state index in [1.54, 1.807) is 52.0 Å². The number of fused-ring (bicyclic) bond motifs is 1. The Hall–Kier alpha value is -3.34. The number of carbonyl (C=O) groups is 2. The van der Waals surface area contributed by atoms with Gasteiger partial charge in [-0.3, -0.25) is 4.79 Å². The Bertz CT molecular complexity index is 978. The number of ether oxygens (including phenoxy) is 3. The van der Waals surface area contributed by atoms with Gasteiger partial charge in [-0.15, -0.1) is 0 Å². The summed E-state index contributed by atoms with van der Waals surface area (Å²) in [6.07, 6.45) is 5.33. The normalized spacial score (nSPS) is 14.8. The fourth-order valence-corrected chi connectivity index (χ4v) is 2.86. The van der Waals surface area contributed by atoms with Crippen molar-refractivity contribution in [1.82, 2.24) is 0 Å². The lowest BCUT2D eigenvalue weighted by atomic mass is 10.1. The van der Waals surface area contributed by atoms with Crippen LogP contribution in [0.4, 0.5) is 0 Å². The highest BCUT2D eigenvalue weighted by molar-refractivity contribution is 6.12. The zero-order valence-corrected chi connectivity index (χ0v) is 17.0. The zero-order chi connectivity index (χ0) is 21.0. The van der Waals surface area contributed by atoms with Crippen molar-refractivity contribution in [2.24, 2.45) is 0 Å². The summed E-state index contributed by atoms with van der Waals surface area (Å²) < 4.78 is 16.6. The van der Waals surface area contributed by atoms with Crippen LogP contribution in [0.3, 0.4) is 0 Å². The van der Waals surface area contributed by atoms with Crippen LogP contribution < -0.4 is 9.47 Å². The average molecular weight is 392 g/mol. The molecule has 1 aliphatic heterocycles. The molecule has 0 N–H and O–H groups in total. The summed E-state index contributed by atoms with van der Waals surface area (Å²) in [5.41, 5.74) is 1.60. The molecule has 0 bridgehead atoms. The minimum absolute atomic E-state index is 0.181. The summed E-state index contributed by atoms with van der Waals surface area (Å²) in [7, 11) is 0. The highest BCUT2D eigenvalue weighted by Crippen LogP contribution is 2.38. The van der Waals surface area contributed by atoms with Crippen molar-refractivity contribution in [3.63, 3.8) is 0 Å². The smallest absolute Gasteiger partial charge is 0.344 e. The van der Waals surface area contributed by atoms with E-state index in [0.717, 1.165) is 5.56 Å². The van der Waals surface area contributed by atoms with Crippen LogP contribution in [0.25, 0.3) is 6.08 Å². The molecule has 0 aromatic heterocycles. The van der Waals surface area contributed by atoms with E-state index in [1.807, 2.05) is 36.4 Å². The fourth-order valence-electron chi connectivity index (χ4n) is 2.86. The molecular weight excluding hydrogens is 368 g/mol. The summed E-state index contributed by atoms with van der Waals surface area (Å²) in [5.74, 6) is 0.541. The second-order valence-electron chi connectivity index (χ2n) is 7.67. The first-order valence-corrected chi connectivity index (χ1v) is 9.39. The highest BCUT2D eigenvalue weighted by atomic mass is 16.6. The lowest BCUT2D eigenvalue weighted by Gasteiger charge is -2.19. The van der Waals surface area contributed by atoms with Gasteiger partial charge in [0.1, 0.15) is 17.1 Å². The van der Waals surface area contributed by atoms with Crippen LogP contribution in [-0.2, 0) is 9.53 Å². The molecule has 150 valence electrons. The Labute approximate surface area is 170 Å². The predicted octanol–water partition coefficient (Wildman–Crippen LogP) is 4.89. The SMILES string of the molecule is Cc1c(OCC(=O)OC(C)(C)C)ccc2c1O/C(=C\C=C\c1ccccc1)C2=O. The van der Waals surface area contributed by atoms with E-state index in [-0.39, 0.29) is 18.1 Å². The standard InChI is InChI=1S/C24H24O5/c1-16-19(27-15-21(25)29-24(2,3)4)14-13-18-22(26)20(28-23(16)18)12-8-11-17-9-6-5-7-10-17/h5-14H,15H2,1-4H3/b11-8+,20-12-. The van der Waals surface area contributed by atoms with Gasteiger partial charge in [0.25, 0.3) is 0 Å². The van der Waals surface area contributed by atoms with Crippen molar-refractivity contribution < 1.29 is 23.8 Å². The van der Waals surface area contributed by atoms with E-state index < -0.39 is 11.6 Å². The number of Topliss-reactive ketones (excluding diaryl/α,β-unsaturated/α-hetero) is 1. The molecule has 0 atom stereocenters. The van der Waals surface area contributed by atoms with Crippen LogP contribution in [-0.4, -0.2) is 24.0 Å². The van der Waals surface area contributed by atoms with Crippen LogP contribution >= 0.6 is 0 Å². The van der Waals surface area contributed by atoms with E-state index in [9.17, 15) is 9.59 Å². The minimum atomic E-state index is -0.573. The molecule has 5 heteroatoms. The third kappa shape index (κ3) is 5.13. The quantitative estimate of drug-likeness (QED) is 0.536. The van der Waals surface area contributed by atoms with Crippen molar-refractivity contribution in [1.29, 1.82) is 0 Å². The third-order valence-electron chi connectivity index (χ3n) is 4.14. The molecule has 5 nitrogen and oxygen atoms in total. The Morgan fingerprint density at radius 1 is 1.10 bits per heavy atom. The summed E-state index contributed by atoms with van der Waals surface area (Å²) in [5, 5.41) is 0. The fraction of sp³-hybridized carbons (Fsp3) is 0.250. The van der Waals surface area contributed by atoms with Crippen LogP contribution in [0.15, 0.2) is 60.4 Å². The Kier molecular flexibility index (Phi) is 5.87. The van der Waals surface area contributed by atoms with Gasteiger partial charge in [0.2, 0.25) is 5.78 Å². The van der Waals surface area contributed by atoms with E-state index in [0.29, 0.717) is 22.6 Å². The van der Waals surface area contributed by atoms with Gasteiger partial charge in [0, 0.05) is 5.56 Å². The first-order valence-electron chi connectivity index (χ1n) is 9.39. The average Bonchev–Trinajstić information content (AvgIpc) is 2.98. The van der Waals surface area contributed by atoms with Gasteiger partial charge in [0.15, 0.2) is 12.4 Å². The van der Waals surface area contributed by atoms with E-state index in [2.05, 4.69) is 0 Å². The van der Waals surface area contributed by atoms with Crippen LogP contribution in [0, 0.1) is 6.92 Å². The van der Waals surface area contributed by atoms with Crippen LogP contribution in [0.1, 0.15) is 42.3 Å². The van der Waals surface area contributed by atoms with Gasteiger partial charge in [0.05, 0.1) is 5.56 Å². The van der Waals surface area contributed by atoms with E-state index >= 15 is 0 Å². The number of hydrogen-bond acceptors (Lipinski definition) is 5. The maximum Gasteiger partial charge on any atom is 0.344 e. The van der Waals surface area contributed by atoms with Gasteiger partial charge in [-0.05, 0) is 51.5 Å². The van der Waals surface area contributed by atoms with Gasteiger partial charge in [-0.2, -0.15) is 0 Å². The molecule has 0 aliphatic carbocycles. The van der Waals surface area contributed by atoms with Crippen molar-refractivity contribution in [3.8, 4) is 11.5 Å². The monoisotopic (exact) mass is 392 g/mol. The molecule has 2 aromatic carbocycles. The Morgan fingerprint density at radius 3 is 2.52 bits per heavy atom. The molecule has 0 unspecified atom stereocenters. The summed E-state index contributed by atoms with van der Waals surface area (Å²) in [4.78, 5) is 24.5. The Balaban J connectivity index is 1.71. The van der Waals surface area contributed by atoms with Crippen molar-refractivity contribution in [3.05, 3.63) is 77.1 Å². The lowest BCUT2D eigenvalue weighted by molar-refractivity contribution is -0.157. The van der Waals surface area contributed by atoms with Crippen molar-refractivity contribution in [2.75, 3.05) is 6.61 Å². The molecule has 1 heterocycles. The number of carbonyl (C=O) groups excluding carboxylic acids is 2. The summed E-state index contributed by atoms with van der Waals surface area (Å²) in [6, 6.07) is 13.1. The second kappa shape index (κ2) is 8.35. The first-order chi connectivity index (χ1) is 13.7. The second-order valence-corrected chi connectivity index (χ2v) is 7.67. The molecule has 2 aromatic rings. The number of ketones is 1. The Morgan fingerprint density at radius 2 is 1.83 bits per heavy atom. The topological polar surface area (TPSA) is 61.8 Å². The maximum absolute atomic E-state index is 12.6. The van der Waals surface area contributed by atoms with Crippen molar-refractivity contribution in [2.45, 2.75) is 33.3 Å². The molecule has 0 spiro atoms. The lowest BCUT2D eigenvalue weighted by Crippen LogP contribution is -2.27. The molecule has 1 aliphatic rings. The van der Waals surface area contributed by atoms with E-state index in [1.165, 1.54) is 0 Å². The predicted molar refractivity (Wildman–Crippen MR) is 111 cm³/mol. The minimum Gasteiger partial charge on any atom is -0.481 e. The van der Waals surface area contributed by atoms with Gasteiger partial charge in [-0.1, -0.05) is 42.5 Å². The molecule has 3 rings (SSSR count). The summed E-state index contributed by atoms with van der Waals surface area (Å²) in [6.45, 7) is 6.97. The van der Waals surface area contributed by atoms with E-state index in [4.69, 9.17) is 14.2 Å². The number of benzene rings is 2. The van der Waals surface area contributed by atoms with Gasteiger partial charge >= 0.3 is 5.97 Å². The molecule has 0 fully saturated rings. The van der Waals surface area contributed by atoms with Crippen LogP contribution in [0.5, 0.6) is 11.5 Å². The van der Waals surface area contributed by atoms with Crippen LogP contribution in [0.2, 0.25) is 0 Å². The first kappa shape index (κ1) is 20.4. The highest BCUT2D eigenvalue weighted by Gasteiger charge is 2.30. The van der Waals surface area contributed by atoms with Gasteiger partial charge < -0.3 is 14.2 Å². The molecule has 29 heavy (non-hydrogen) atoms. The largest absolute Gasteiger partial charge is 0.481 e. The van der Waals surface area contributed by atoms with Gasteiger partial charge in [-0.25, -0.2) is 4.79 Å². The third-order valence-corrected chi connectivity index (χ3v) is 4.14. The number of hydrogen-bond donors (Lipinski definition) is 0. The maximum atomic E-state index is 12.6. The summed E-state index contributed by atoms with van der Waals surface area (Å²) >= 11 is 0.